The zero-order valence-electron chi connectivity index (χ0n) is 7.71. The SMILES string of the molecule is CCOC(=O)c1n[nH]c(CCO)c1Br. The lowest BCUT2D eigenvalue weighted by Gasteiger charge is -1.98. The first-order valence-electron chi connectivity index (χ1n) is 4.21. The van der Waals surface area contributed by atoms with Gasteiger partial charge in [-0.2, -0.15) is 5.10 Å². The molecule has 0 aromatic carbocycles. The highest BCUT2D eigenvalue weighted by Crippen LogP contribution is 2.20. The van der Waals surface area contributed by atoms with Crippen LogP contribution < -0.4 is 0 Å². The third kappa shape index (κ3) is 2.33. The number of rotatable bonds is 4. The van der Waals surface area contributed by atoms with Crippen molar-refractivity contribution >= 4 is 21.9 Å². The van der Waals surface area contributed by atoms with E-state index in [0.29, 0.717) is 23.2 Å². The van der Waals surface area contributed by atoms with Gasteiger partial charge in [0.1, 0.15) is 0 Å². The molecule has 0 radical (unpaired) electrons. The van der Waals surface area contributed by atoms with Gasteiger partial charge >= 0.3 is 5.97 Å². The maximum Gasteiger partial charge on any atom is 0.360 e. The number of carbonyl (C=O) groups is 1. The molecular formula is C8H11BrN2O3. The predicted molar refractivity (Wildman–Crippen MR) is 53.0 cm³/mol. The molecule has 0 unspecified atom stereocenters. The number of ether oxygens (including phenoxy) is 1. The second-order valence-electron chi connectivity index (χ2n) is 2.56. The van der Waals surface area contributed by atoms with E-state index < -0.39 is 5.97 Å². The van der Waals surface area contributed by atoms with E-state index in [-0.39, 0.29) is 12.3 Å². The van der Waals surface area contributed by atoms with Gasteiger partial charge in [-0.05, 0) is 22.9 Å². The minimum absolute atomic E-state index is 0.00303. The molecule has 1 aromatic heterocycles. The smallest absolute Gasteiger partial charge is 0.360 e. The summed E-state index contributed by atoms with van der Waals surface area (Å²) >= 11 is 3.22. The molecular weight excluding hydrogens is 252 g/mol. The predicted octanol–water partition coefficient (Wildman–Crippen LogP) is 0.884. The van der Waals surface area contributed by atoms with Crippen LogP contribution in [-0.4, -0.2) is 34.5 Å². The number of hydrogen-bond donors (Lipinski definition) is 2. The third-order valence-corrected chi connectivity index (χ3v) is 2.46. The van der Waals surface area contributed by atoms with Crippen LogP contribution in [0.1, 0.15) is 23.1 Å². The van der Waals surface area contributed by atoms with Crippen molar-refractivity contribution in [1.29, 1.82) is 0 Å². The van der Waals surface area contributed by atoms with Crippen LogP contribution in [0.15, 0.2) is 4.47 Å². The van der Waals surface area contributed by atoms with Gasteiger partial charge in [0.2, 0.25) is 0 Å². The Morgan fingerprint density at radius 3 is 3.00 bits per heavy atom. The highest BCUT2D eigenvalue weighted by molar-refractivity contribution is 9.10. The van der Waals surface area contributed by atoms with Crippen molar-refractivity contribution in [2.75, 3.05) is 13.2 Å². The van der Waals surface area contributed by atoms with Crippen molar-refractivity contribution in [3.8, 4) is 0 Å². The summed E-state index contributed by atoms with van der Waals surface area (Å²) in [5.41, 5.74) is 0.908. The Balaban J connectivity index is 2.83. The number of nitrogens with one attached hydrogen (secondary N) is 1. The van der Waals surface area contributed by atoms with E-state index in [2.05, 4.69) is 26.1 Å². The van der Waals surface area contributed by atoms with E-state index in [1.165, 1.54) is 0 Å². The molecule has 0 bridgehead atoms. The molecule has 2 N–H and O–H groups in total. The van der Waals surface area contributed by atoms with Gasteiger partial charge in [-0.3, -0.25) is 5.10 Å². The van der Waals surface area contributed by atoms with Crippen molar-refractivity contribution in [2.24, 2.45) is 0 Å². The van der Waals surface area contributed by atoms with E-state index in [9.17, 15) is 4.79 Å². The fourth-order valence-electron chi connectivity index (χ4n) is 0.977. The molecule has 0 fully saturated rings. The van der Waals surface area contributed by atoms with Gasteiger partial charge in [0.05, 0.1) is 16.8 Å². The minimum atomic E-state index is -0.472. The number of aliphatic hydroxyl groups excluding tert-OH is 1. The molecule has 5 nitrogen and oxygen atoms in total. The Labute approximate surface area is 89.6 Å². The highest BCUT2D eigenvalue weighted by Gasteiger charge is 2.17. The summed E-state index contributed by atoms with van der Waals surface area (Å²) in [7, 11) is 0. The van der Waals surface area contributed by atoms with Gasteiger partial charge in [0.25, 0.3) is 0 Å². The summed E-state index contributed by atoms with van der Waals surface area (Å²) in [5.74, 6) is -0.472. The van der Waals surface area contributed by atoms with Gasteiger partial charge in [0.15, 0.2) is 5.69 Å². The number of hydrogen-bond acceptors (Lipinski definition) is 4. The quantitative estimate of drug-likeness (QED) is 0.791. The number of esters is 1. The van der Waals surface area contributed by atoms with Crippen molar-refractivity contribution in [2.45, 2.75) is 13.3 Å². The van der Waals surface area contributed by atoms with E-state index in [1.807, 2.05) is 0 Å². The van der Waals surface area contributed by atoms with Crippen LogP contribution in [-0.2, 0) is 11.2 Å². The maximum atomic E-state index is 11.3. The van der Waals surface area contributed by atoms with E-state index >= 15 is 0 Å². The summed E-state index contributed by atoms with van der Waals surface area (Å²) in [6, 6.07) is 0. The van der Waals surface area contributed by atoms with E-state index in [0.717, 1.165) is 0 Å². The molecule has 1 aromatic rings. The molecule has 0 saturated carbocycles. The van der Waals surface area contributed by atoms with Crippen LogP contribution in [0.5, 0.6) is 0 Å². The molecule has 78 valence electrons. The topological polar surface area (TPSA) is 75.2 Å². The van der Waals surface area contributed by atoms with Crippen LogP contribution in [0, 0.1) is 0 Å². The average Bonchev–Trinajstić information content (AvgIpc) is 2.49. The molecule has 6 heteroatoms. The Morgan fingerprint density at radius 1 is 1.71 bits per heavy atom. The van der Waals surface area contributed by atoms with Crippen LogP contribution in [0.3, 0.4) is 0 Å². The molecule has 0 amide bonds. The van der Waals surface area contributed by atoms with E-state index in [4.69, 9.17) is 9.84 Å². The standard InChI is InChI=1S/C8H11BrN2O3/c1-2-14-8(13)7-6(9)5(3-4-12)10-11-7/h12H,2-4H2,1H3,(H,10,11). The summed E-state index contributed by atoms with van der Waals surface area (Å²) in [6.07, 6.45) is 0.424. The molecule has 0 atom stereocenters. The van der Waals surface area contributed by atoms with Crippen molar-refractivity contribution < 1.29 is 14.6 Å². The van der Waals surface area contributed by atoms with Crippen LogP contribution in [0.25, 0.3) is 0 Å². The lowest BCUT2D eigenvalue weighted by Crippen LogP contribution is -2.05. The van der Waals surface area contributed by atoms with Gasteiger partial charge in [0, 0.05) is 13.0 Å². The Morgan fingerprint density at radius 2 is 2.43 bits per heavy atom. The summed E-state index contributed by atoms with van der Waals surface area (Å²) in [4.78, 5) is 11.3. The van der Waals surface area contributed by atoms with Gasteiger partial charge in [-0.25, -0.2) is 4.79 Å². The van der Waals surface area contributed by atoms with Crippen LogP contribution in [0.2, 0.25) is 0 Å². The zero-order chi connectivity index (χ0) is 10.6. The van der Waals surface area contributed by atoms with Gasteiger partial charge < -0.3 is 9.84 Å². The number of aromatic amines is 1. The summed E-state index contributed by atoms with van der Waals surface area (Å²) in [6.45, 7) is 2.05. The highest BCUT2D eigenvalue weighted by atomic mass is 79.9. The molecule has 1 rings (SSSR count). The first kappa shape index (κ1) is 11.2. The molecule has 0 aliphatic heterocycles. The van der Waals surface area contributed by atoms with Gasteiger partial charge in [-0.15, -0.1) is 0 Å². The Bertz CT molecular complexity index is 324. The minimum Gasteiger partial charge on any atom is -0.461 e. The number of halogens is 1. The van der Waals surface area contributed by atoms with Crippen LogP contribution in [0.4, 0.5) is 0 Å². The fourth-order valence-corrected chi connectivity index (χ4v) is 1.51. The van der Waals surface area contributed by atoms with Crippen molar-refractivity contribution in [3.05, 3.63) is 15.9 Å². The first-order valence-corrected chi connectivity index (χ1v) is 5.00. The molecule has 1 heterocycles. The molecule has 0 spiro atoms. The maximum absolute atomic E-state index is 11.3. The third-order valence-electron chi connectivity index (χ3n) is 1.61. The molecule has 14 heavy (non-hydrogen) atoms. The van der Waals surface area contributed by atoms with Crippen molar-refractivity contribution in [1.82, 2.24) is 10.2 Å². The lowest BCUT2D eigenvalue weighted by molar-refractivity contribution is 0.0518. The number of H-pyrrole nitrogens is 1. The second kappa shape index (κ2) is 5.11. The number of nitrogens with zero attached hydrogens (tertiary/aromatic N) is 1. The van der Waals surface area contributed by atoms with Gasteiger partial charge in [-0.1, -0.05) is 0 Å². The number of aliphatic hydroxyl groups is 1. The number of aromatic nitrogens is 2. The molecule has 0 saturated heterocycles. The largest absolute Gasteiger partial charge is 0.461 e. The zero-order valence-corrected chi connectivity index (χ0v) is 9.30. The Hall–Kier alpha value is -0.880. The molecule has 0 aliphatic rings. The molecule has 0 aliphatic carbocycles. The Kier molecular flexibility index (Phi) is 4.09. The first-order chi connectivity index (χ1) is 6.70. The second-order valence-corrected chi connectivity index (χ2v) is 3.35. The fraction of sp³-hybridized carbons (Fsp3) is 0.500. The van der Waals surface area contributed by atoms with Crippen LogP contribution >= 0.6 is 15.9 Å². The monoisotopic (exact) mass is 262 g/mol. The average molecular weight is 263 g/mol. The van der Waals surface area contributed by atoms with E-state index in [1.54, 1.807) is 6.92 Å². The van der Waals surface area contributed by atoms with Crippen molar-refractivity contribution in [3.63, 3.8) is 0 Å². The summed E-state index contributed by atoms with van der Waals surface area (Å²) in [5, 5.41) is 15.2. The summed E-state index contributed by atoms with van der Waals surface area (Å²) < 4.78 is 5.35. The normalized spacial score (nSPS) is 10.2. The lowest BCUT2D eigenvalue weighted by atomic mass is 10.3. The number of carbonyl (C=O) groups excluding carboxylic acids is 1.